The molecular formula is C14H20FNO2. The second kappa shape index (κ2) is 7.11. The monoisotopic (exact) mass is 253 g/mol. The van der Waals surface area contributed by atoms with E-state index in [0.717, 1.165) is 12.8 Å². The normalized spacial score (nSPS) is 12.2. The Balaban J connectivity index is 2.41. The van der Waals surface area contributed by atoms with Gasteiger partial charge in [0.05, 0.1) is 0 Å². The molecule has 0 aromatic heterocycles. The van der Waals surface area contributed by atoms with Crippen molar-refractivity contribution < 1.29 is 14.3 Å². The molecule has 0 heterocycles. The van der Waals surface area contributed by atoms with Gasteiger partial charge in [-0.25, -0.2) is 4.39 Å². The van der Waals surface area contributed by atoms with Crippen LogP contribution in [0.1, 0.15) is 35.7 Å². The van der Waals surface area contributed by atoms with Crippen LogP contribution in [0.4, 0.5) is 4.39 Å². The lowest BCUT2D eigenvalue weighted by Crippen LogP contribution is -2.25. The van der Waals surface area contributed by atoms with Crippen molar-refractivity contribution >= 4 is 5.91 Å². The Kier molecular flexibility index (Phi) is 5.78. The average Bonchev–Trinajstić information content (AvgIpc) is 2.34. The Hall–Kier alpha value is -1.42. The molecule has 1 amide bonds. The Morgan fingerprint density at radius 2 is 2.22 bits per heavy atom. The van der Waals surface area contributed by atoms with E-state index >= 15 is 0 Å². The third-order valence-corrected chi connectivity index (χ3v) is 2.90. The smallest absolute Gasteiger partial charge is 0.251 e. The van der Waals surface area contributed by atoms with Crippen LogP contribution in [0.2, 0.25) is 0 Å². The van der Waals surface area contributed by atoms with Gasteiger partial charge in [-0.3, -0.25) is 4.79 Å². The first-order valence-corrected chi connectivity index (χ1v) is 6.19. The van der Waals surface area contributed by atoms with Gasteiger partial charge >= 0.3 is 0 Å². The maximum Gasteiger partial charge on any atom is 0.251 e. The highest BCUT2D eigenvalue weighted by Gasteiger charge is 2.09. The first-order valence-electron chi connectivity index (χ1n) is 6.19. The fraction of sp³-hybridized carbons (Fsp3) is 0.500. The first-order chi connectivity index (χ1) is 8.54. The molecule has 18 heavy (non-hydrogen) atoms. The van der Waals surface area contributed by atoms with Gasteiger partial charge < -0.3 is 10.4 Å². The molecule has 100 valence electrons. The van der Waals surface area contributed by atoms with Crippen molar-refractivity contribution in [2.75, 3.05) is 13.2 Å². The molecular weight excluding hydrogens is 233 g/mol. The van der Waals surface area contributed by atoms with Crippen LogP contribution < -0.4 is 5.32 Å². The van der Waals surface area contributed by atoms with Crippen molar-refractivity contribution in [3.8, 4) is 0 Å². The van der Waals surface area contributed by atoms with Crippen LogP contribution in [0.3, 0.4) is 0 Å². The highest BCUT2D eigenvalue weighted by Crippen LogP contribution is 2.10. The minimum atomic E-state index is -0.333. The predicted octanol–water partition coefficient (Wildman–Crippen LogP) is 2.27. The zero-order chi connectivity index (χ0) is 13.5. The van der Waals surface area contributed by atoms with Crippen LogP contribution in [0.5, 0.6) is 0 Å². The van der Waals surface area contributed by atoms with Gasteiger partial charge in [-0.1, -0.05) is 6.92 Å². The summed E-state index contributed by atoms with van der Waals surface area (Å²) in [5.41, 5.74) is 1.14. The number of nitrogens with one attached hydrogen (secondary N) is 1. The Morgan fingerprint density at radius 3 is 2.83 bits per heavy atom. The molecule has 0 saturated carbocycles. The molecule has 2 N–H and O–H groups in total. The van der Waals surface area contributed by atoms with E-state index in [-0.39, 0.29) is 24.2 Å². The summed E-state index contributed by atoms with van der Waals surface area (Å²) in [7, 11) is 0. The Morgan fingerprint density at radius 1 is 1.50 bits per heavy atom. The lowest BCUT2D eigenvalue weighted by Gasteiger charge is -2.09. The summed E-state index contributed by atoms with van der Waals surface area (Å²) in [5, 5.41) is 11.7. The predicted molar refractivity (Wildman–Crippen MR) is 69.0 cm³/mol. The van der Waals surface area contributed by atoms with Gasteiger partial charge in [0.1, 0.15) is 5.82 Å². The molecule has 0 spiro atoms. The minimum Gasteiger partial charge on any atom is -0.396 e. The quantitative estimate of drug-likeness (QED) is 0.764. The van der Waals surface area contributed by atoms with Gasteiger partial charge in [-0.05, 0) is 49.4 Å². The van der Waals surface area contributed by atoms with Crippen molar-refractivity contribution in [3.63, 3.8) is 0 Å². The Bertz CT molecular complexity index is 407. The van der Waals surface area contributed by atoms with Crippen LogP contribution in [0.25, 0.3) is 0 Å². The van der Waals surface area contributed by atoms with E-state index in [1.54, 1.807) is 6.92 Å². The fourth-order valence-corrected chi connectivity index (χ4v) is 1.72. The molecule has 1 rings (SSSR count). The van der Waals surface area contributed by atoms with Gasteiger partial charge in [0.15, 0.2) is 0 Å². The second-order valence-electron chi connectivity index (χ2n) is 4.65. The summed E-state index contributed by atoms with van der Waals surface area (Å²) in [6, 6.07) is 4.13. The van der Waals surface area contributed by atoms with Crippen molar-refractivity contribution in [1.82, 2.24) is 5.32 Å². The summed E-state index contributed by atoms with van der Waals surface area (Å²) in [6.07, 6.45) is 1.70. The zero-order valence-electron chi connectivity index (χ0n) is 10.9. The number of carbonyl (C=O) groups excluding carboxylic acids is 1. The van der Waals surface area contributed by atoms with Crippen LogP contribution in [-0.2, 0) is 0 Å². The SMILES string of the molecule is Cc1cc(F)ccc1C(=O)NCCCC(C)CO. The lowest BCUT2D eigenvalue weighted by molar-refractivity contribution is 0.0951. The highest BCUT2D eigenvalue weighted by molar-refractivity contribution is 5.95. The number of aliphatic hydroxyl groups excluding tert-OH is 1. The molecule has 1 unspecified atom stereocenters. The van der Waals surface area contributed by atoms with E-state index < -0.39 is 0 Å². The van der Waals surface area contributed by atoms with Crippen LogP contribution in [0, 0.1) is 18.7 Å². The van der Waals surface area contributed by atoms with E-state index in [1.807, 2.05) is 6.92 Å². The van der Waals surface area contributed by atoms with Crippen LogP contribution in [0.15, 0.2) is 18.2 Å². The van der Waals surface area contributed by atoms with Gasteiger partial charge in [-0.15, -0.1) is 0 Å². The van der Waals surface area contributed by atoms with Gasteiger partial charge in [0.2, 0.25) is 0 Å². The summed E-state index contributed by atoms with van der Waals surface area (Å²) in [5.74, 6) is -0.251. The number of rotatable bonds is 6. The number of benzene rings is 1. The third-order valence-electron chi connectivity index (χ3n) is 2.90. The van der Waals surface area contributed by atoms with E-state index in [9.17, 15) is 9.18 Å². The largest absolute Gasteiger partial charge is 0.396 e. The molecule has 1 atom stereocenters. The molecule has 1 aromatic rings. The van der Waals surface area contributed by atoms with Gasteiger partial charge in [0, 0.05) is 18.7 Å². The average molecular weight is 253 g/mol. The van der Waals surface area contributed by atoms with E-state index in [0.29, 0.717) is 17.7 Å². The number of aliphatic hydroxyl groups is 1. The van der Waals surface area contributed by atoms with Crippen molar-refractivity contribution in [2.45, 2.75) is 26.7 Å². The number of hydrogen-bond donors (Lipinski definition) is 2. The Labute approximate surface area is 107 Å². The van der Waals surface area contributed by atoms with Crippen molar-refractivity contribution in [3.05, 3.63) is 35.1 Å². The molecule has 0 aliphatic carbocycles. The van der Waals surface area contributed by atoms with Crippen molar-refractivity contribution in [2.24, 2.45) is 5.92 Å². The van der Waals surface area contributed by atoms with Gasteiger partial charge in [-0.2, -0.15) is 0 Å². The molecule has 0 radical (unpaired) electrons. The summed E-state index contributed by atoms with van der Waals surface area (Å²) in [6.45, 7) is 4.42. The molecule has 1 aromatic carbocycles. The minimum absolute atomic E-state index is 0.172. The summed E-state index contributed by atoms with van der Waals surface area (Å²) in [4.78, 5) is 11.8. The van der Waals surface area contributed by atoms with Crippen LogP contribution >= 0.6 is 0 Å². The molecule has 3 nitrogen and oxygen atoms in total. The number of hydrogen-bond acceptors (Lipinski definition) is 2. The molecule has 4 heteroatoms. The maximum atomic E-state index is 12.9. The molecule has 0 aliphatic rings. The molecule has 0 aliphatic heterocycles. The van der Waals surface area contributed by atoms with E-state index in [2.05, 4.69) is 5.32 Å². The standard InChI is InChI=1S/C14H20FNO2/c1-10(9-17)4-3-7-16-14(18)13-6-5-12(15)8-11(13)2/h5-6,8,10,17H,3-4,7,9H2,1-2H3,(H,16,18). The molecule has 0 saturated heterocycles. The zero-order valence-corrected chi connectivity index (χ0v) is 10.9. The van der Waals surface area contributed by atoms with Gasteiger partial charge in [0.25, 0.3) is 5.91 Å². The summed E-state index contributed by atoms with van der Waals surface area (Å²) >= 11 is 0. The van der Waals surface area contributed by atoms with Crippen molar-refractivity contribution in [1.29, 1.82) is 0 Å². The lowest BCUT2D eigenvalue weighted by atomic mass is 10.1. The number of halogens is 1. The highest BCUT2D eigenvalue weighted by atomic mass is 19.1. The maximum absolute atomic E-state index is 12.9. The van der Waals surface area contributed by atoms with E-state index in [4.69, 9.17) is 5.11 Å². The molecule has 0 bridgehead atoms. The third kappa shape index (κ3) is 4.45. The molecule has 0 fully saturated rings. The van der Waals surface area contributed by atoms with Crippen LogP contribution in [-0.4, -0.2) is 24.2 Å². The first kappa shape index (κ1) is 14.6. The number of carbonyl (C=O) groups is 1. The number of aryl methyl sites for hydroxylation is 1. The second-order valence-corrected chi connectivity index (χ2v) is 4.65. The fourth-order valence-electron chi connectivity index (χ4n) is 1.72. The number of amides is 1. The summed E-state index contributed by atoms with van der Waals surface area (Å²) < 4.78 is 12.9. The van der Waals surface area contributed by atoms with E-state index in [1.165, 1.54) is 18.2 Å². The topological polar surface area (TPSA) is 49.3 Å².